The van der Waals surface area contributed by atoms with E-state index in [0.717, 1.165) is 0 Å². The lowest BCUT2D eigenvalue weighted by Crippen LogP contribution is -2.42. The monoisotopic (exact) mass is 446 g/mol. The number of rotatable bonds is 2. The number of halogens is 3. The highest BCUT2D eigenvalue weighted by molar-refractivity contribution is 6.42. The number of hydrogen-bond donors (Lipinski definition) is 0. The predicted molar refractivity (Wildman–Crippen MR) is 110 cm³/mol. The standard InChI is InChI=1S/C22H17Cl2FN2O3/c23-14-6-4-11(9-15(14)24)19-18-20(28)13-10-12(25)5-7-16(13)30-21(18)22(29)27(19)17-3-1-2-8-26-17/h1-4,6,8-9,12-13,16,19H,5,7,10H2. The number of carbonyl (C=O) groups excluding carboxylic acids is 2. The van der Waals surface area contributed by atoms with Gasteiger partial charge in [0.1, 0.15) is 18.1 Å². The minimum Gasteiger partial charge on any atom is -0.483 e. The van der Waals surface area contributed by atoms with Crippen molar-refractivity contribution in [3.8, 4) is 0 Å². The van der Waals surface area contributed by atoms with E-state index < -0.39 is 30.1 Å². The first-order chi connectivity index (χ1) is 14.5. The molecule has 5 rings (SSSR count). The molecule has 4 atom stereocenters. The Bertz CT molecular complexity index is 1080. The van der Waals surface area contributed by atoms with Crippen molar-refractivity contribution >= 4 is 40.7 Å². The molecule has 4 unspecified atom stereocenters. The predicted octanol–water partition coefficient (Wildman–Crippen LogP) is 4.84. The number of benzene rings is 1. The molecule has 1 aromatic heterocycles. The van der Waals surface area contributed by atoms with Crippen molar-refractivity contribution in [2.24, 2.45) is 5.92 Å². The van der Waals surface area contributed by atoms with Gasteiger partial charge in [-0.15, -0.1) is 0 Å². The number of Topliss-reactive ketones (excluding diaryl/α,β-unsaturated/α-hetero) is 1. The van der Waals surface area contributed by atoms with Crippen LogP contribution in [0.2, 0.25) is 10.0 Å². The maximum Gasteiger partial charge on any atom is 0.295 e. The fourth-order valence-electron chi connectivity index (χ4n) is 4.55. The Morgan fingerprint density at radius 3 is 2.67 bits per heavy atom. The van der Waals surface area contributed by atoms with Crippen molar-refractivity contribution in [3.05, 3.63) is 69.5 Å². The van der Waals surface area contributed by atoms with Gasteiger partial charge in [-0.2, -0.15) is 0 Å². The zero-order valence-corrected chi connectivity index (χ0v) is 17.2. The summed E-state index contributed by atoms with van der Waals surface area (Å²) in [5.74, 6) is -0.870. The third-order valence-electron chi connectivity index (χ3n) is 5.94. The molecular formula is C22H17Cl2FN2O3. The number of aromatic nitrogens is 1. The Labute approximate surface area is 182 Å². The highest BCUT2D eigenvalue weighted by Crippen LogP contribution is 2.48. The molecule has 2 aromatic rings. The second-order valence-corrected chi connectivity index (χ2v) is 8.53. The molecule has 1 saturated carbocycles. The SMILES string of the molecule is O=C1C2=C(OC3CCC(F)CC13)C(=O)N(c1ccccn1)C2c1ccc(Cl)c(Cl)c1. The summed E-state index contributed by atoms with van der Waals surface area (Å²) in [5.41, 5.74) is 0.843. The van der Waals surface area contributed by atoms with Crippen molar-refractivity contribution in [3.63, 3.8) is 0 Å². The summed E-state index contributed by atoms with van der Waals surface area (Å²) < 4.78 is 20.1. The summed E-state index contributed by atoms with van der Waals surface area (Å²) in [7, 11) is 0. The first kappa shape index (κ1) is 19.5. The van der Waals surface area contributed by atoms with Crippen LogP contribution in [0.15, 0.2) is 53.9 Å². The fraction of sp³-hybridized carbons (Fsp3) is 0.318. The lowest BCUT2D eigenvalue weighted by molar-refractivity contribution is -0.133. The molecule has 3 heterocycles. The number of ether oxygens (including phenoxy) is 1. The average molecular weight is 447 g/mol. The number of anilines is 1. The van der Waals surface area contributed by atoms with E-state index in [2.05, 4.69) is 4.98 Å². The van der Waals surface area contributed by atoms with Gasteiger partial charge in [0.2, 0.25) is 0 Å². The van der Waals surface area contributed by atoms with Crippen molar-refractivity contribution in [1.29, 1.82) is 0 Å². The van der Waals surface area contributed by atoms with Gasteiger partial charge in [-0.3, -0.25) is 14.5 Å². The molecule has 0 bridgehead atoms. The van der Waals surface area contributed by atoms with Gasteiger partial charge in [0.05, 0.1) is 27.6 Å². The molecule has 2 aliphatic heterocycles. The molecule has 5 nitrogen and oxygen atoms in total. The van der Waals surface area contributed by atoms with Crippen LogP contribution < -0.4 is 4.90 Å². The number of hydrogen-bond acceptors (Lipinski definition) is 4. The first-order valence-electron chi connectivity index (χ1n) is 9.74. The molecule has 3 aliphatic rings. The van der Waals surface area contributed by atoms with Gasteiger partial charge in [0, 0.05) is 6.20 Å². The number of pyridine rings is 1. The Kier molecular flexibility index (Phi) is 4.79. The van der Waals surface area contributed by atoms with E-state index in [-0.39, 0.29) is 23.5 Å². The Morgan fingerprint density at radius 2 is 1.93 bits per heavy atom. The van der Waals surface area contributed by atoms with Crippen LogP contribution in [0.5, 0.6) is 0 Å². The molecule has 0 spiro atoms. The van der Waals surface area contributed by atoms with Gasteiger partial charge in [0.15, 0.2) is 11.5 Å². The largest absolute Gasteiger partial charge is 0.483 e. The van der Waals surface area contributed by atoms with E-state index in [0.29, 0.717) is 34.3 Å². The lowest BCUT2D eigenvalue weighted by Gasteiger charge is -2.36. The quantitative estimate of drug-likeness (QED) is 0.662. The second kappa shape index (κ2) is 7.36. The van der Waals surface area contributed by atoms with E-state index in [9.17, 15) is 14.0 Å². The molecule has 1 aromatic carbocycles. The molecular weight excluding hydrogens is 430 g/mol. The van der Waals surface area contributed by atoms with E-state index >= 15 is 0 Å². The third-order valence-corrected chi connectivity index (χ3v) is 6.68. The first-order valence-corrected chi connectivity index (χ1v) is 10.5. The maximum atomic E-state index is 14.1. The van der Waals surface area contributed by atoms with E-state index in [1.54, 1.807) is 42.6 Å². The second-order valence-electron chi connectivity index (χ2n) is 7.72. The zero-order chi connectivity index (χ0) is 21.0. The van der Waals surface area contributed by atoms with Gasteiger partial charge in [-0.05, 0) is 49.1 Å². The molecule has 0 radical (unpaired) electrons. The van der Waals surface area contributed by atoms with Gasteiger partial charge >= 0.3 is 0 Å². The Morgan fingerprint density at radius 1 is 1.10 bits per heavy atom. The lowest BCUT2D eigenvalue weighted by atomic mass is 9.77. The zero-order valence-electron chi connectivity index (χ0n) is 15.7. The van der Waals surface area contributed by atoms with Crippen LogP contribution in [-0.4, -0.2) is 29.0 Å². The Balaban J connectivity index is 1.66. The topological polar surface area (TPSA) is 59.5 Å². The molecule has 30 heavy (non-hydrogen) atoms. The molecule has 154 valence electrons. The molecule has 1 fully saturated rings. The molecule has 1 aliphatic carbocycles. The number of fused-ring (bicyclic) bond motifs is 1. The van der Waals surface area contributed by atoms with Gasteiger partial charge in [-0.25, -0.2) is 9.37 Å². The third kappa shape index (κ3) is 3.01. The van der Waals surface area contributed by atoms with Crippen molar-refractivity contribution in [1.82, 2.24) is 4.98 Å². The summed E-state index contributed by atoms with van der Waals surface area (Å²) in [6.45, 7) is 0. The maximum absolute atomic E-state index is 14.1. The number of carbonyl (C=O) groups is 2. The highest BCUT2D eigenvalue weighted by atomic mass is 35.5. The van der Waals surface area contributed by atoms with Crippen molar-refractivity contribution in [2.75, 3.05) is 4.90 Å². The molecule has 8 heteroatoms. The summed E-state index contributed by atoms with van der Waals surface area (Å²) in [6.07, 6.45) is 0.876. The molecule has 0 N–H and O–H groups in total. The minimum atomic E-state index is -1.05. The normalized spacial score (nSPS) is 28.3. The Hall–Kier alpha value is -2.44. The average Bonchev–Trinajstić information content (AvgIpc) is 3.04. The number of amides is 1. The van der Waals surface area contributed by atoms with Crippen LogP contribution >= 0.6 is 23.2 Å². The summed E-state index contributed by atoms with van der Waals surface area (Å²) in [4.78, 5) is 32.6. The van der Waals surface area contributed by atoms with E-state index in [1.807, 2.05) is 0 Å². The minimum absolute atomic E-state index is 0.0280. The van der Waals surface area contributed by atoms with Crippen LogP contribution in [0.4, 0.5) is 10.2 Å². The smallest absolute Gasteiger partial charge is 0.295 e. The summed E-state index contributed by atoms with van der Waals surface area (Å²) >= 11 is 12.3. The van der Waals surface area contributed by atoms with E-state index in [4.69, 9.17) is 27.9 Å². The van der Waals surface area contributed by atoms with Gasteiger partial charge in [0.25, 0.3) is 5.91 Å². The highest BCUT2D eigenvalue weighted by Gasteiger charge is 2.53. The van der Waals surface area contributed by atoms with Crippen LogP contribution in [-0.2, 0) is 14.3 Å². The summed E-state index contributed by atoms with van der Waals surface area (Å²) in [5, 5.41) is 0.669. The number of nitrogens with zero attached hydrogens (tertiary/aromatic N) is 2. The number of ketones is 1. The molecule has 0 saturated heterocycles. The van der Waals surface area contributed by atoms with Gasteiger partial charge in [-0.1, -0.05) is 35.3 Å². The van der Waals surface area contributed by atoms with Crippen LogP contribution in [0.25, 0.3) is 0 Å². The molecule has 1 amide bonds. The van der Waals surface area contributed by atoms with Gasteiger partial charge < -0.3 is 4.74 Å². The fourth-order valence-corrected chi connectivity index (χ4v) is 4.85. The van der Waals surface area contributed by atoms with Crippen LogP contribution in [0.3, 0.4) is 0 Å². The van der Waals surface area contributed by atoms with Crippen molar-refractivity contribution in [2.45, 2.75) is 37.6 Å². The summed E-state index contributed by atoms with van der Waals surface area (Å²) in [6, 6.07) is 9.38. The van der Waals surface area contributed by atoms with Crippen LogP contribution in [0, 0.1) is 5.92 Å². The van der Waals surface area contributed by atoms with E-state index in [1.165, 1.54) is 4.90 Å². The number of alkyl halides is 1. The van der Waals surface area contributed by atoms with Crippen molar-refractivity contribution < 1.29 is 18.7 Å². The van der Waals surface area contributed by atoms with Crippen LogP contribution in [0.1, 0.15) is 30.9 Å².